The molecule has 0 unspecified atom stereocenters. The highest BCUT2D eigenvalue weighted by Gasteiger charge is 2.29. The summed E-state index contributed by atoms with van der Waals surface area (Å²) in [7, 11) is 4.52. The number of nitrogens with one attached hydrogen (secondary N) is 2. The Balaban J connectivity index is 0.00000450. The summed E-state index contributed by atoms with van der Waals surface area (Å²) >= 11 is 0. The summed E-state index contributed by atoms with van der Waals surface area (Å²) in [5.74, 6) is 1.05. The Kier molecular flexibility index (Phi) is 10.0. The molecule has 0 amide bonds. The van der Waals surface area contributed by atoms with Crippen LogP contribution < -0.4 is 20.1 Å². The lowest BCUT2D eigenvalue weighted by atomic mass is 10.1. The molecule has 0 fully saturated rings. The summed E-state index contributed by atoms with van der Waals surface area (Å²) in [6, 6.07) is 8.45. The van der Waals surface area contributed by atoms with Crippen LogP contribution in [0, 0.1) is 0 Å². The maximum Gasteiger partial charge on any atom is 0.416 e. The van der Waals surface area contributed by atoms with Gasteiger partial charge in [0.15, 0.2) is 17.5 Å². The molecule has 0 spiro atoms. The number of ether oxygens (including phenoxy) is 2. The number of benzene rings is 2. The fourth-order valence-electron chi connectivity index (χ4n) is 2.64. The monoisotopic (exact) mass is 539 g/mol. The molecule has 2 aromatic carbocycles. The molecule has 3 N–H and O–H groups in total. The quantitative estimate of drug-likeness (QED) is 0.283. The standard InChI is InChI=1S/C20H24F3N3O3.HI/c1-24-19(25-9-8-13-4-6-15(7-5-13)20(21,22)23)26-12-14-10-16(28-2)18(27)17(11-14)29-3;/h4-7,10-11,27H,8-9,12H2,1-3H3,(H2,24,25,26);1H. The van der Waals surface area contributed by atoms with Crippen LogP contribution in [0.1, 0.15) is 16.7 Å². The van der Waals surface area contributed by atoms with Crippen LogP contribution in [-0.4, -0.2) is 38.9 Å². The third-order valence-corrected chi connectivity index (χ3v) is 4.21. The number of phenolic OH excluding ortho intramolecular Hbond substituents is 1. The van der Waals surface area contributed by atoms with Gasteiger partial charge in [-0.05, 0) is 41.8 Å². The minimum Gasteiger partial charge on any atom is -0.502 e. The lowest BCUT2D eigenvalue weighted by Crippen LogP contribution is -2.37. The first-order valence-electron chi connectivity index (χ1n) is 8.83. The van der Waals surface area contributed by atoms with E-state index < -0.39 is 11.7 Å². The molecule has 0 heterocycles. The van der Waals surface area contributed by atoms with Crippen LogP contribution in [0.2, 0.25) is 0 Å². The second kappa shape index (κ2) is 11.7. The second-order valence-corrected chi connectivity index (χ2v) is 6.15. The number of aromatic hydroxyl groups is 1. The molecule has 0 saturated carbocycles. The molecule has 2 aromatic rings. The zero-order valence-corrected chi connectivity index (χ0v) is 19.2. The molecule has 0 atom stereocenters. The number of aliphatic imine (C=N–C) groups is 1. The van der Waals surface area contributed by atoms with Crippen molar-refractivity contribution >= 4 is 29.9 Å². The molecule has 166 valence electrons. The van der Waals surface area contributed by atoms with Crippen LogP contribution in [0.5, 0.6) is 17.2 Å². The number of hydrogen-bond acceptors (Lipinski definition) is 4. The molecule has 0 aliphatic heterocycles. The van der Waals surface area contributed by atoms with Gasteiger partial charge in [-0.2, -0.15) is 13.2 Å². The van der Waals surface area contributed by atoms with E-state index in [4.69, 9.17) is 9.47 Å². The highest BCUT2D eigenvalue weighted by Crippen LogP contribution is 2.37. The molecule has 0 radical (unpaired) electrons. The molecule has 0 aliphatic rings. The Bertz CT molecular complexity index is 818. The molecule has 0 bridgehead atoms. The predicted molar refractivity (Wildman–Crippen MR) is 120 cm³/mol. The third-order valence-electron chi connectivity index (χ3n) is 4.21. The van der Waals surface area contributed by atoms with Crippen LogP contribution in [0.3, 0.4) is 0 Å². The van der Waals surface area contributed by atoms with Gasteiger partial charge in [-0.25, -0.2) is 0 Å². The molecular formula is C20H25F3IN3O3. The van der Waals surface area contributed by atoms with E-state index in [0.717, 1.165) is 23.3 Å². The van der Waals surface area contributed by atoms with Crippen molar-refractivity contribution < 1.29 is 27.8 Å². The van der Waals surface area contributed by atoms with Gasteiger partial charge in [0.1, 0.15) is 0 Å². The van der Waals surface area contributed by atoms with Crippen molar-refractivity contribution in [2.45, 2.75) is 19.1 Å². The van der Waals surface area contributed by atoms with E-state index in [9.17, 15) is 18.3 Å². The molecule has 10 heteroatoms. The van der Waals surface area contributed by atoms with Gasteiger partial charge < -0.3 is 25.2 Å². The van der Waals surface area contributed by atoms with Crippen molar-refractivity contribution in [1.29, 1.82) is 0 Å². The Morgan fingerprint density at radius 3 is 2.03 bits per heavy atom. The van der Waals surface area contributed by atoms with Crippen molar-refractivity contribution in [1.82, 2.24) is 10.6 Å². The molecule has 0 aliphatic carbocycles. The van der Waals surface area contributed by atoms with Crippen LogP contribution in [0.25, 0.3) is 0 Å². The zero-order valence-electron chi connectivity index (χ0n) is 16.8. The fourth-order valence-corrected chi connectivity index (χ4v) is 2.64. The fraction of sp³-hybridized carbons (Fsp3) is 0.350. The smallest absolute Gasteiger partial charge is 0.416 e. The minimum atomic E-state index is -4.33. The summed E-state index contributed by atoms with van der Waals surface area (Å²) in [6.07, 6.45) is -3.79. The normalized spacial score (nSPS) is 11.5. The highest BCUT2D eigenvalue weighted by molar-refractivity contribution is 14.0. The first-order valence-corrected chi connectivity index (χ1v) is 8.83. The van der Waals surface area contributed by atoms with Crippen molar-refractivity contribution in [3.05, 3.63) is 53.1 Å². The van der Waals surface area contributed by atoms with E-state index in [1.807, 2.05) is 0 Å². The van der Waals surface area contributed by atoms with Gasteiger partial charge in [0.05, 0.1) is 19.8 Å². The Hall–Kier alpha value is -2.37. The lowest BCUT2D eigenvalue weighted by molar-refractivity contribution is -0.137. The number of guanidine groups is 1. The average molecular weight is 539 g/mol. The largest absolute Gasteiger partial charge is 0.502 e. The topological polar surface area (TPSA) is 75.1 Å². The van der Waals surface area contributed by atoms with Gasteiger partial charge in [-0.3, -0.25) is 4.99 Å². The summed E-state index contributed by atoms with van der Waals surface area (Å²) in [4.78, 5) is 4.12. The van der Waals surface area contributed by atoms with Gasteiger partial charge in [0.25, 0.3) is 0 Å². The Morgan fingerprint density at radius 1 is 1.00 bits per heavy atom. The van der Waals surface area contributed by atoms with Crippen LogP contribution in [0.4, 0.5) is 13.2 Å². The van der Waals surface area contributed by atoms with Gasteiger partial charge in [0.2, 0.25) is 5.75 Å². The number of phenols is 1. The average Bonchev–Trinajstić information content (AvgIpc) is 2.71. The Labute approximate surface area is 190 Å². The maximum absolute atomic E-state index is 12.6. The van der Waals surface area contributed by atoms with Crippen molar-refractivity contribution in [2.75, 3.05) is 27.8 Å². The molecule has 6 nitrogen and oxygen atoms in total. The first kappa shape index (κ1) is 25.7. The van der Waals surface area contributed by atoms with Gasteiger partial charge in [0, 0.05) is 20.1 Å². The summed E-state index contributed by atoms with van der Waals surface area (Å²) in [5, 5.41) is 16.2. The molecule has 0 saturated heterocycles. The van der Waals surface area contributed by atoms with Crippen LogP contribution in [-0.2, 0) is 19.1 Å². The van der Waals surface area contributed by atoms with Gasteiger partial charge in [-0.15, -0.1) is 24.0 Å². The molecule has 30 heavy (non-hydrogen) atoms. The van der Waals surface area contributed by atoms with E-state index >= 15 is 0 Å². The zero-order chi connectivity index (χ0) is 21.4. The maximum atomic E-state index is 12.6. The first-order chi connectivity index (χ1) is 13.8. The summed E-state index contributed by atoms with van der Waals surface area (Å²) in [5.41, 5.74) is 0.933. The van der Waals surface area contributed by atoms with E-state index in [1.54, 1.807) is 19.2 Å². The number of nitrogens with zero attached hydrogens (tertiary/aromatic N) is 1. The Morgan fingerprint density at radius 2 is 1.57 bits per heavy atom. The van der Waals surface area contributed by atoms with E-state index in [0.29, 0.717) is 37.0 Å². The number of alkyl halides is 3. The van der Waals surface area contributed by atoms with E-state index in [1.165, 1.54) is 26.4 Å². The number of halogens is 4. The summed E-state index contributed by atoms with van der Waals surface area (Å²) in [6.45, 7) is 0.889. The van der Waals surface area contributed by atoms with Crippen LogP contribution in [0.15, 0.2) is 41.4 Å². The van der Waals surface area contributed by atoms with Crippen molar-refractivity contribution in [3.8, 4) is 17.2 Å². The molecule has 2 rings (SSSR count). The summed E-state index contributed by atoms with van der Waals surface area (Å²) < 4.78 is 48.1. The van der Waals surface area contributed by atoms with E-state index in [-0.39, 0.29) is 29.7 Å². The van der Waals surface area contributed by atoms with Gasteiger partial charge >= 0.3 is 6.18 Å². The third kappa shape index (κ3) is 7.15. The van der Waals surface area contributed by atoms with Gasteiger partial charge in [-0.1, -0.05) is 12.1 Å². The van der Waals surface area contributed by atoms with Crippen LogP contribution >= 0.6 is 24.0 Å². The molecule has 0 aromatic heterocycles. The number of methoxy groups -OCH3 is 2. The number of rotatable bonds is 7. The van der Waals surface area contributed by atoms with E-state index in [2.05, 4.69) is 15.6 Å². The minimum absolute atomic E-state index is 0. The second-order valence-electron chi connectivity index (χ2n) is 6.15. The predicted octanol–water partition coefficient (Wildman–Crippen LogP) is 3.95. The van der Waals surface area contributed by atoms with Crippen molar-refractivity contribution in [2.24, 2.45) is 4.99 Å². The SMILES string of the molecule is CN=C(NCCc1ccc(C(F)(F)F)cc1)NCc1cc(OC)c(O)c(OC)c1.I. The molecular weight excluding hydrogens is 514 g/mol. The highest BCUT2D eigenvalue weighted by atomic mass is 127. The lowest BCUT2D eigenvalue weighted by Gasteiger charge is -2.14. The van der Waals surface area contributed by atoms with Crippen molar-refractivity contribution in [3.63, 3.8) is 0 Å². The number of hydrogen-bond donors (Lipinski definition) is 3.